The van der Waals surface area contributed by atoms with Crippen LogP contribution in [0.5, 0.6) is 5.75 Å². The zero-order chi connectivity index (χ0) is 9.14. The minimum absolute atomic E-state index is 0.388. The van der Waals surface area contributed by atoms with Crippen LogP contribution in [0.4, 0.5) is 0 Å². The summed E-state index contributed by atoms with van der Waals surface area (Å²) in [5.74, 6) is 0.817. The average Bonchev–Trinajstić information content (AvgIpc) is 2.03. The number of phenolic OH excluding ortho intramolecular Hbond substituents is 1. The van der Waals surface area contributed by atoms with Crippen LogP contribution in [-0.2, 0) is 0 Å². The van der Waals surface area contributed by atoms with E-state index in [1.54, 1.807) is 6.07 Å². The topological polar surface area (TPSA) is 20.2 Å². The van der Waals surface area contributed by atoms with Crippen molar-refractivity contribution in [2.75, 3.05) is 0 Å². The number of hydrogen-bond donors (Lipinski definition) is 1. The molecule has 2 heteroatoms. The van der Waals surface area contributed by atoms with E-state index in [2.05, 4.69) is 29.8 Å². The molecule has 0 aliphatic rings. The monoisotopic (exact) mass is 228 g/mol. The number of aromatic hydroxyl groups is 1. The van der Waals surface area contributed by atoms with Crippen molar-refractivity contribution in [3.8, 4) is 5.75 Å². The average molecular weight is 229 g/mol. The van der Waals surface area contributed by atoms with Crippen molar-refractivity contribution >= 4 is 15.9 Å². The van der Waals surface area contributed by atoms with Gasteiger partial charge in [-0.2, -0.15) is 0 Å². The fraction of sp³-hybridized carbons (Fsp3) is 0.400. The predicted molar refractivity (Wildman–Crippen MR) is 54.5 cm³/mol. The summed E-state index contributed by atoms with van der Waals surface area (Å²) in [5, 5.41) is 9.56. The molecule has 0 aliphatic heterocycles. The Kier molecular flexibility index (Phi) is 3.15. The first-order valence-corrected chi connectivity index (χ1v) is 4.93. The van der Waals surface area contributed by atoms with Crippen LogP contribution in [0.25, 0.3) is 0 Å². The van der Waals surface area contributed by atoms with Crippen molar-refractivity contribution in [2.45, 2.75) is 26.2 Å². The van der Waals surface area contributed by atoms with Crippen LogP contribution >= 0.6 is 15.9 Å². The summed E-state index contributed by atoms with van der Waals surface area (Å²) in [6.07, 6.45) is 1.05. The second kappa shape index (κ2) is 3.94. The van der Waals surface area contributed by atoms with Gasteiger partial charge in [-0.1, -0.05) is 35.8 Å². The van der Waals surface area contributed by atoms with Gasteiger partial charge < -0.3 is 5.11 Å². The van der Waals surface area contributed by atoms with Crippen LogP contribution in [0.2, 0.25) is 0 Å². The standard InChI is InChI=1S/C10H13BrO/c1-3-7(2)9-5-4-8(11)6-10(9)12/h4-7,12H,3H2,1-2H3. The third-order valence-corrected chi connectivity index (χ3v) is 2.63. The normalized spacial score (nSPS) is 12.9. The van der Waals surface area contributed by atoms with Crippen molar-refractivity contribution in [3.05, 3.63) is 28.2 Å². The van der Waals surface area contributed by atoms with Gasteiger partial charge in [-0.05, 0) is 30.0 Å². The van der Waals surface area contributed by atoms with Gasteiger partial charge in [0.15, 0.2) is 0 Å². The van der Waals surface area contributed by atoms with Crippen LogP contribution in [0.3, 0.4) is 0 Å². The summed E-state index contributed by atoms with van der Waals surface area (Å²) in [7, 11) is 0. The van der Waals surface area contributed by atoms with Gasteiger partial charge in [0, 0.05) is 4.47 Å². The summed E-state index contributed by atoms with van der Waals surface area (Å²) >= 11 is 3.31. The van der Waals surface area contributed by atoms with E-state index in [1.807, 2.05) is 12.1 Å². The van der Waals surface area contributed by atoms with Gasteiger partial charge >= 0.3 is 0 Å². The summed E-state index contributed by atoms with van der Waals surface area (Å²) in [4.78, 5) is 0. The Morgan fingerprint density at radius 2 is 2.17 bits per heavy atom. The number of halogens is 1. The third-order valence-electron chi connectivity index (χ3n) is 2.14. The highest BCUT2D eigenvalue weighted by Crippen LogP contribution is 2.29. The Balaban J connectivity index is 3.01. The Morgan fingerprint density at radius 1 is 1.50 bits per heavy atom. The van der Waals surface area contributed by atoms with Crippen LogP contribution in [0, 0.1) is 0 Å². The highest BCUT2D eigenvalue weighted by atomic mass is 79.9. The molecule has 0 bridgehead atoms. The Labute approximate surface area is 81.6 Å². The highest BCUT2D eigenvalue weighted by molar-refractivity contribution is 9.10. The predicted octanol–water partition coefficient (Wildman–Crippen LogP) is 3.67. The molecule has 12 heavy (non-hydrogen) atoms. The molecular formula is C10H13BrO. The van der Waals surface area contributed by atoms with Crippen LogP contribution in [-0.4, -0.2) is 5.11 Å². The first kappa shape index (κ1) is 9.59. The van der Waals surface area contributed by atoms with Crippen LogP contribution < -0.4 is 0 Å². The molecule has 1 nitrogen and oxygen atoms in total. The van der Waals surface area contributed by atoms with E-state index in [4.69, 9.17) is 0 Å². The van der Waals surface area contributed by atoms with Gasteiger partial charge in [-0.3, -0.25) is 0 Å². The zero-order valence-electron chi connectivity index (χ0n) is 7.34. The third kappa shape index (κ3) is 2.01. The smallest absolute Gasteiger partial charge is 0.120 e. The highest BCUT2D eigenvalue weighted by Gasteiger charge is 2.07. The molecule has 0 fully saturated rings. The molecule has 0 aliphatic carbocycles. The van der Waals surface area contributed by atoms with Crippen molar-refractivity contribution in [2.24, 2.45) is 0 Å². The molecular weight excluding hydrogens is 216 g/mol. The quantitative estimate of drug-likeness (QED) is 0.820. The number of rotatable bonds is 2. The van der Waals surface area contributed by atoms with Crippen LogP contribution in [0.15, 0.2) is 22.7 Å². The molecule has 1 unspecified atom stereocenters. The summed E-state index contributed by atoms with van der Waals surface area (Å²) < 4.78 is 0.923. The van der Waals surface area contributed by atoms with E-state index < -0.39 is 0 Å². The Hall–Kier alpha value is -0.500. The fourth-order valence-corrected chi connectivity index (χ4v) is 1.50. The first-order chi connectivity index (χ1) is 5.65. The lowest BCUT2D eigenvalue weighted by molar-refractivity contribution is 0.461. The van der Waals surface area contributed by atoms with Gasteiger partial charge in [0.05, 0.1) is 0 Å². The van der Waals surface area contributed by atoms with E-state index in [-0.39, 0.29) is 0 Å². The minimum Gasteiger partial charge on any atom is -0.508 e. The van der Waals surface area contributed by atoms with E-state index in [0.717, 1.165) is 16.5 Å². The number of benzene rings is 1. The largest absolute Gasteiger partial charge is 0.508 e. The van der Waals surface area contributed by atoms with E-state index in [9.17, 15) is 5.11 Å². The maximum Gasteiger partial charge on any atom is 0.120 e. The summed E-state index contributed by atoms with van der Waals surface area (Å²) in [5.41, 5.74) is 1.03. The fourth-order valence-electron chi connectivity index (χ4n) is 1.15. The molecule has 1 N–H and O–H groups in total. The SMILES string of the molecule is CCC(C)c1ccc(Br)cc1O. The Bertz CT molecular complexity index is 271. The lowest BCUT2D eigenvalue weighted by atomic mass is 9.98. The maximum absolute atomic E-state index is 9.56. The molecule has 1 atom stereocenters. The van der Waals surface area contributed by atoms with Crippen molar-refractivity contribution in [3.63, 3.8) is 0 Å². The molecule has 1 aromatic carbocycles. The first-order valence-electron chi connectivity index (χ1n) is 4.13. The van der Waals surface area contributed by atoms with E-state index in [1.165, 1.54) is 0 Å². The van der Waals surface area contributed by atoms with Crippen molar-refractivity contribution in [1.82, 2.24) is 0 Å². The molecule has 0 aromatic heterocycles. The van der Waals surface area contributed by atoms with E-state index >= 15 is 0 Å². The second-order valence-electron chi connectivity index (χ2n) is 3.01. The maximum atomic E-state index is 9.56. The van der Waals surface area contributed by atoms with Gasteiger partial charge in [0.25, 0.3) is 0 Å². The molecule has 0 spiro atoms. The van der Waals surface area contributed by atoms with Gasteiger partial charge in [-0.25, -0.2) is 0 Å². The summed E-state index contributed by atoms with van der Waals surface area (Å²) in [6.45, 7) is 4.23. The number of hydrogen-bond acceptors (Lipinski definition) is 1. The van der Waals surface area contributed by atoms with Crippen molar-refractivity contribution < 1.29 is 5.11 Å². The molecule has 0 amide bonds. The molecule has 1 rings (SSSR count). The lowest BCUT2D eigenvalue weighted by Gasteiger charge is -2.10. The summed E-state index contributed by atoms with van der Waals surface area (Å²) in [6, 6.07) is 5.66. The molecule has 0 saturated carbocycles. The molecule has 0 heterocycles. The molecule has 0 saturated heterocycles. The van der Waals surface area contributed by atoms with Gasteiger partial charge in [-0.15, -0.1) is 0 Å². The van der Waals surface area contributed by atoms with Crippen LogP contribution in [0.1, 0.15) is 31.7 Å². The lowest BCUT2D eigenvalue weighted by Crippen LogP contribution is -1.91. The van der Waals surface area contributed by atoms with E-state index in [0.29, 0.717) is 11.7 Å². The minimum atomic E-state index is 0.388. The van der Waals surface area contributed by atoms with Crippen molar-refractivity contribution in [1.29, 1.82) is 0 Å². The Morgan fingerprint density at radius 3 is 2.67 bits per heavy atom. The second-order valence-corrected chi connectivity index (χ2v) is 3.93. The van der Waals surface area contributed by atoms with Gasteiger partial charge in [0.1, 0.15) is 5.75 Å². The number of phenols is 1. The zero-order valence-corrected chi connectivity index (χ0v) is 8.93. The van der Waals surface area contributed by atoms with Gasteiger partial charge in [0.2, 0.25) is 0 Å². The molecule has 0 radical (unpaired) electrons. The molecule has 66 valence electrons. The molecule has 1 aromatic rings.